The van der Waals surface area contributed by atoms with E-state index < -0.39 is 0 Å². The molecule has 2 N–H and O–H groups in total. The van der Waals surface area contributed by atoms with E-state index in [9.17, 15) is 4.79 Å². The Morgan fingerprint density at radius 1 is 1.00 bits per heavy atom. The minimum atomic E-state index is -0.225. The van der Waals surface area contributed by atoms with E-state index in [4.69, 9.17) is 4.74 Å². The summed E-state index contributed by atoms with van der Waals surface area (Å²) in [5.41, 5.74) is 3.96. The van der Waals surface area contributed by atoms with E-state index in [1.807, 2.05) is 48.7 Å². The number of urea groups is 1. The lowest BCUT2D eigenvalue weighted by atomic mass is 10.2. The first-order valence-corrected chi connectivity index (χ1v) is 11.3. The van der Waals surface area contributed by atoms with Gasteiger partial charge in [0.1, 0.15) is 0 Å². The van der Waals surface area contributed by atoms with E-state index in [0.717, 1.165) is 61.7 Å². The summed E-state index contributed by atoms with van der Waals surface area (Å²) in [5.74, 6) is 0. The summed E-state index contributed by atoms with van der Waals surface area (Å²) in [7, 11) is 0. The average molecular weight is 445 g/mol. The largest absolute Gasteiger partial charge is 0.379 e. The van der Waals surface area contributed by atoms with E-state index in [2.05, 4.69) is 43.5 Å². The highest BCUT2D eigenvalue weighted by atomic mass is 16.5. The van der Waals surface area contributed by atoms with Crippen molar-refractivity contribution in [2.75, 3.05) is 38.2 Å². The van der Waals surface area contributed by atoms with Crippen LogP contribution < -0.4 is 10.6 Å². The van der Waals surface area contributed by atoms with Gasteiger partial charge in [-0.1, -0.05) is 12.1 Å². The maximum absolute atomic E-state index is 12.4. The zero-order chi connectivity index (χ0) is 22.5. The molecule has 3 heterocycles. The number of carbonyl (C=O) groups is 1. The number of rotatable bonds is 7. The lowest BCUT2D eigenvalue weighted by molar-refractivity contribution is 0.0365. The Morgan fingerprint density at radius 3 is 2.64 bits per heavy atom. The lowest BCUT2D eigenvalue weighted by Gasteiger charge is -2.26. The van der Waals surface area contributed by atoms with Crippen molar-refractivity contribution >= 4 is 22.6 Å². The van der Waals surface area contributed by atoms with Crippen molar-refractivity contribution in [2.45, 2.75) is 13.1 Å². The summed E-state index contributed by atoms with van der Waals surface area (Å²) in [5, 5.41) is 11.2. The van der Waals surface area contributed by atoms with Crippen molar-refractivity contribution in [1.82, 2.24) is 24.6 Å². The van der Waals surface area contributed by atoms with Crippen LogP contribution in [-0.2, 0) is 17.8 Å². The molecule has 0 radical (unpaired) electrons. The fraction of sp³-hybridized carbons (Fsp3) is 0.280. The van der Waals surface area contributed by atoms with Crippen LogP contribution in [0.5, 0.6) is 0 Å². The number of fused-ring (bicyclic) bond motifs is 1. The van der Waals surface area contributed by atoms with Crippen molar-refractivity contribution in [3.63, 3.8) is 0 Å². The molecule has 1 fully saturated rings. The van der Waals surface area contributed by atoms with Crippen LogP contribution in [0, 0.1) is 0 Å². The second kappa shape index (κ2) is 9.89. The van der Waals surface area contributed by atoms with Gasteiger partial charge in [-0.15, -0.1) is 0 Å². The maximum atomic E-state index is 12.4. The molecule has 0 unspecified atom stereocenters. The quantitative estimate of drug-likeness (QED) is 0.458. The van der Waals surface area contributed by atoms with Crippen LogP contribution in [-0.4, -0.2) is 58.1 Å². The Balaban J connectivity index is 1.14. The number of nitrogens with one attached hydrogen (secondary N) is 2. The van der Waals surface area contributed by atoms with Crippen LogP contribution in [0.4, 0.5) is 10.5 Å². The number of morpholine rings is 1. The van der Waals surface area contributed by atoms with Crippen LogP contribution in [0.3, 0.4) is 0 Å². The van der Waals surface area contributed by atoms with Crippen molar-refractivity contribution in [1.29, 1.82) is 0 Å². The zero-order valence-corrected chi connectivity index (χ0v) is 18.5. The Kier molecular flexibility index (Phi) is 6.37. The van der Waals surface area contributed by atoms with Gasteiger partial charge in [0.05, 0.1) is 18.9 Å². The minimum absolute atomic E-state index is 0.225. The Labute approximate surface area is 192 Å². The number of amides is 2. The molecule has 170 valence electrons. The number of anilines is 1. The topological polar surface area (TPSA) is 76.4 Å². The molecule has 0 atom stereocenters. The normalized spacial score (nSPS) is 14.4. The third-order valence-corrected chi connectivity index (χ3v) is 5.95. The van der Waals surface area contributed by atoms with Gasteiger partial charge in [-0.3, -0.25) is 4.90 Å². The van der Waals surface area contributed by atoms with Gasteiger partial charge in [0.2, 0.25) is 0 Å². The Hall–Kier alpha value is -3.62. The van der Waals surface area contributed by atoms with E-state index in [1.54, 1.807) is 10.9 Å². The summed E-state index contributed by atoms with van der Waals surface area (Å²) >= 11 is 0. The molecule has 1 aliphatic heterocycles. The number of benzene rings is 2. The smallest absolute Gasteiger partial charge is 0.319 e. The Bertz CT molecular complexity index is 1190. The second-order valence-corrected chi connectivity index (χ2v) is 8.16. The molecule has 0 bridgehead atoms. The van der Waals surface area contributed by atoms with Crippen molar-refractivity contribution < 1.29 is 9.53 Å². The third kappa shape index (κ3) is 5.24. The molecule has 4 aromatic rings. The summed E-state index contributed by atoms with van der Waals surface area (Å²) in [6, 6.07) is 17.7. The predicted molar refractivity (Wildman–Crippen MR) is 129 cm³/mol. The van der Waals surface area contributed by atoms with Crippen LogP contribution in [0.1, 0.15) is 5.56 Å². The van der Waals surface area contributed by atoms with Gasteiger partial charge in [-0.25, -0.2) is 9.48 Å². The highest BCUT2D eigenvalue weighted by molar-refractivity contribution is 5.92. The molecule has 1 saturated heterocycles. The first kappa shape index (κ1) is 21.2. The third-order valence-electron chi connectivity index (χ3n) is 5.95. The molecule has 2 aromatic carbocycles. The number of carbonyl (C=O) groups excluding carboxylic acids is 1. The van der Waals surface area contributed by atoms with Crippen LogP contribution >= 0.6 is 0 Å². The SMILES string of the molecule is O=C(NCc1ccc(-n2cccn2)cc1)Nc1ccc2c(ccn2CCN2CCOCC2)c1. The molecular formula is C25H28N6O2. The number of ether oxygens (including phenoxy) is 1. The molecule has 8 heteroatoms. The highest BCUT2D eigenvalue weighted by Gasteiger charge is 2.11. The van der Waals surface area contributed by atoms with Gasteiger partial charge in [-0.2, -0.15) is 5.10 Å². The van der Waals surface area contributed by atoms with Gasteiger partial charge in [-0.05, 0) is 48.0 Å². The highest BCUT2D eigenvalue weighted by Crippen LogP contribution is 2.21. The molecule has 0 aliphatic carbocycles. The molecule has 0 spiro atoms. The average Bonchev–Trinajstić information content (AvgIpc) is 3.53. The number of aromatic nitrogens is 3. The van der Waals surface area contributed by atoms with Gasteiger partial charge in [0.25, 0.3) is 0 Å². The molecule has 0 saturated carbocycles. The monoisotopic (exact) mass is 444 g/mol. The summed E-state index contributed by atoms with van der Waals surface area (Å²) < 4.78 is 9.49. The first-order valence-electron chi connectivity index (χ1n) is 11.3. The number of hydrogen-bond acceptors (Lipinski definition) is 4. The Morgan fingerprint density at radius 2 is 1.85 bits per heavy atom. The van der Waals surface area contributed by atoms with E-state index in [-0.39, 0.29) is 6.03 Å². The molecule has 5 rings (SSSR count). The number of nitrogens with zero attached hydrogens (tertiary/aromatic N) is 4. The van der Waals surface area contributed by atoms with Gasteiger partial charge in [0, 0.05) is 67.9 Å². The van der Waals surface area contributed by atoms with Crippen molar-refractivity contribution in [3.05, 3.63) is 78.8 Å². The van der Waals surface area contributed by atoms with E-state index >= 15 is 0 Å². The fourth-order valence-corrected chi connectivity index (χ4v) is 4.09. The van der Waals surface area contributed by atoms with Gasteiger partial charge >= 0.3 is 6.03 Å². The van der Waals surface area contributed by atoms with E-state index in [0.29, 0.717) is 6.54 Å². The van der Waals surface area contributed by atoms with Crippen LogP contribution in [0.15, 0.2) is 73.2 Å². The molecular weight excluding hydrogens is 416 g/mol. The maximum Gasteiger partial charge on any atom is 0.319 e. The van der Waals surface area contributed by atoms with Crippen molar-refractivity contribution in [3.8, 4) is 5.69 Å². The van der Waals surface area contributed by atoms with Crippen LogP contribution in [0.2, 0.25) is 0 Å². The molecule has 8 nitrogen and oxygen atoms in total. The standard InChI is InChI=1S/C25H28N6O2/c32-25(26-19-20-2-5-23(6-3-20)31-10-1-9-27-31)28-22-4-7-24-21(18-22)8-11-30(24)13-12-29-14-16-33-17-15-29/h1-11,18H,12-17,19H2,(H2,26,28,32). The summed E-state index contributed by atoms with van der Waals surface area (Å²) in [4.78, 5) is 14.8. The van der Waals surface area contributed by atoms with Crippen molar-refractivity contribution in [2.24, 2.45) is 0 Å². The minimum Gasteiger partial charge on any atom is -0.379 e. The molecule has 1 aliphatic rings. The first-order chi connectivity index (χ1) is 16.2. The summed E-state index contributed by atoms with van der Waals surface area (Å²) in [6.07, 6.45) is 5.76. The fourth-order valence-electron chi connectivity index (χ4n) is 4.09. The van der Waals surface area contributed by atoms with Crippen LogP contribution in [0.25, 0.3) is 16.6 Å². The summed E-state index contributed by atoms with van der Waals surface area (Å²) in [6.45, 7) is 6.04. The zero-order valence-electron chi connectivity index (χ0n) is 18.5. The number of hydrogen-bond donors (Lipinski definition) is 2. The predicted octanol–water partition coefficient (Wildman–Crippen LogP) is 3.48. The molecule has 2 aromatic heterocycles. The molecule has 2 amide bonds. The second-order valence-electron chi connectivity index (χ2n) is 8.16. The van der Waals surface area contributed by atoms with E-state index in [1.165, 1.54) is 5.52 Å². The lowest BCUT2D eigenvalue weighted by Crippen LogP contribution is -2.38. The van der Waals surface area contributed by atoms with Gasteiger partial charge in [0.15, 0.2) is 0 Å². The molecule has 33 heavy (non-hydrogen) atoms. The van der Waals surface area contributed by atoms with Gasteiger partial charge < -0.3 is 19.9 Å².